The molecule has 0 spiro atoms. The molecule has 2 rings (SSSR count). The van der Waals surface area contributed by atoms with Crippen LogP contribution in [0, 0.1) is 5.82 Å². The third-order valence-corrected chi connectivity index (χ3v) is 3.31. The molecule has 0 saturated carbocycles. The van der Waals surface area contributed by atoms with Crippen molar-refractivity contribution in [3.8, 4) is 0 Å². The van der Waals surface area contributed by atoms with Crippen LogP contribution in [0.1, 0.15) is 18.4 Å². The lowest BCUT2D eigenvalue weighted by Gasteiger charge is -2.21. The van der Waals surface area contributed by atoms with E-state index in [1.165, 1.54) is 11.0 Å². The summed E-state index contributed by atoms with van der Waals surface area (Å²) in [6.45, 7) is 0.128. The van der Waals surface area contributed by atoms with E-state index in [0.717, 1.165) is 0 Å². The Morgan fingerprint density at radius 2 is 2.00 bits per heavy atom. The van der Waals surface area contributed by atoms with Crippen LogP contribution in [0.5, 0.6) is 0 Å². The van der Waals surface area contributed by atoms with Gasteiger partial charge in [-0.2, -0.15) is 0 Å². The van der Waals surface area contributed by atoms with E-state index in [-0.39, 0.29) is 18.3 Å². The molecule has 1 heterocycles. The molecule has 108 valence electrons. The zero-order valence-corrected chi connectivity index (χ0v) is 11.1. The average molecular weight is 281 g/mol. The highest BCUT2D eigenvalue weighted by Gasteiger charge is 2.36. The number of carboxylic acids is 1. The van der Waals surface area contributed by atoms with Crippen LogP contribution in [-0.4, -0.2) is 41.1 Å². The molecule has 2 unspecified atom stereocenters. The normalized spacial score (nSPS) is 21.7. The molecule has 6 heteroatoms. The van der Waals surface area contributed by atoms with Gasteiger partial charge in [-0.25, -0.2) is 9.18 Å². The number of carbonyl (C=O) groups is 2. The van der Waals surface area contributed by atoms with E-state index in [4.69, 9.17) is 9.84 Å². The predicted octanol–water partition coefficient (Wildman–Crippen LogP) is 1.42. The first-order chi connectivity index (χ1) is 9.49. The molecule has 1 saturated heterocycles. The Balaban J connectivity index is 1.96. The van der Waals surface area contributed by atoms with E-state index in [0.29, 0.717) is 18.4 Å². The number of halogens is 1. The van der Waals surface area contributed by atoms with Crippen molar-refractivity contribution in [2.75, 3.05) is 7.05 Å². The highest BCUT2D eigenvalue weighted by atomic mass is 19.1. The Labute approximate surface area is 116 Å². The van der Waals surface area contributed by atoms with Gasteiger partial charge in [0.1, 0.15) is 11.9 Å². The number of amides is 1. The molecule has 20 heavy (non-hydrogen) atoms. The Morgan fingerprint density at radius 1 is 1.35 bits per heavy atom. The Hall–Kier alpha value is -1.95. The minimum Gasteiger partial charge on any atom is -0.479 e. The van der Waals surface area contributed by atoms with Gasteiger partial charge < -0.3 is 14.7 Å². The highest BCUT2D eigenvalue weighted by molar-refractivity contribution is 5.82. The maximum absolute atomic E-state index is 13.5. The third-order valence-electron chi connectivity index (χ3n) is 3.31. The summed E-state index contributed by atoms with van der Waals surface area (Å²) in [5, 5.41) is 8.82. The highest BCUT2D eigenvalue weighted by Crippen LogP contribution is 2.22. The van der Waals surface area contributed by atoms with Gasteiger partial charge in [0.15, 0.2) is 6.10 Å². The summed E-state index contributed by atoms with van der Waals surface area (Å²) in [5.74, 6) is -1.75. The third kappa shape index (κ3) is 3.14. The number of benzene rings is 1. The van der Waals surface area contributed by atoms with Crippen molar-refractivity contribution < 1.29 is 23.8 Å². The lowest BCUT2D eigenvalue weighted by atomic mass is 10.1. The zero-order valence-electron chi connectivity index (χ0n) is 11.1. The number of hydrogen-bond donors (Lipinski definition) is 1. The molecule has 5 nitrogen and oxygen atoms in total. The van der Waals surface area contributed by atoms with Crippen LogP contribution in [0.15, 0.2) is 24.3 Å². The summed E-state index contributed by atoms with van der Waals surface area (Å²) in [6.07, 6.45) is -0.991. The average Bonchev–Trinajstić information content (AvgIpc) is 2.90. The number of carbonyl (C=O) groups excluding carboxylic acids is 1. The van der Waals surface area contributed by atoms with E-state index < -0.39 is 18.2 Å². The second kappa shape index (κ2) is 6.00. The molecule has 1 aromatic rings. The topological polar surface area (TPSA) is 66.8 Å². The minimum absolute atomic E-state index is 0.128. The van der Waals surface area contributed by atoms with Crippen LogP contribution >= 0.6 is 0 Å². The molecule has 1 amide bonds. The van der Waals surface area contributed by atoms with Crippen molar-refractivity contribution in [3.05, 3.63) is 35.6 Å². The van der Waals surface area contributed by atoms with Crippen molar-refractivity contribution in [1.82, 2.24) is 4.90 Å². The Bertz CT molecular complexity index is 520. The largest absolute Gasteiger partial charge is 0.479 e. The number of nitrogens with zero attached hydrogens (tertiary/aromatic N) is 1. The first-order valence-electron chi connectivity index (χ1n) is 6.35. The van der Waals surface area contributed by atoms with Crippen LogP contribution in [0.2, 0.25) is 0 Å². The van der Waals surface area contributed by atoms with Crippen molar-refractivity contribution >= 4 is 11.9 Å². The molecule has 1 aliphatic rings. The number of rotatable bonds is 4. The van der Waals surface area contributed by atoms with E-state index in [1.807, 2.05) is 0 Å². The first-order valence-corrected chi connectivity index (χ1v) is 6.35. The molecular weight excluding hydrogens is 265 g/mol. The summed E-state index contributed by atoms with van der Waals surface area (Å²) in [7, 11) is 1.55. The van der Waals surface area contributed by atoms with Crippen LogP contribution in [0.4, 0.5) is 4.39 Å². The SMILES string of the molecule is CN(Cc1ccccc1F)C(=O)C1CCC(C(=O)O)O1. The summed E-state index contributed by atoms with van der Waals surface area (Å²) in [6, 6.07) is 6.22. The van der Waals surface area contributed by atoms with Crippen molar-refractivity contribution in [2.24, 2.45) is 0 Å². The molecular formula is C14H16FNO4. The number of carboxylic acid groups (broad SMARTS) is 1. The minimum atomic E-state index is -1.06. The number of ether oxygens (including phenoxy) is 1. The van der Waals surface area contributed by atoms with Gasteiger partial charge in [-0.3, -0.25) is 4.79 Å². The van der Waals surface area contributed by atoms with Gasteiger partial charge >= 0.3 is 5.97 Å². The van der Waals surface area contributed by atoms with E-state index in [2.05, 4.69) is 0 Å². The molecule has 0 radical (unpaired) electrons. The summed E-state index contributed by atoms with van der Waals surface area (Å²) < 4.78 is 18.7. The Kier molecular flexibility index (Phi) is 4.34. The molecule has 1 fully saturated rings. The quantitative estimate of drug-likeness (QED) is 0.906. The molecule has 0 bridgehead atoms. The van der Waals surface area contributed by atoms with Crippen molar-refractivity contribution in [3.63, 3.8) is 0 Å². The Morgan fingerprint density at radius 3 is 2.60 bits per heavy atom. The molecule has 2 atom stereocenters. The van der Waals surface area contributed by atoms with Gasteiger partial charge in [-0.15, -0.1) is 0 Å². The van der Waals surface area contributed by atoms with Crippen LogP contribution in [0.25, 0.3) is 0 Å². The van der Waals surface area contributed by atoms with Gasteiger partial charge in [0.05, 0.1) is 0 Å². The number of hydrogen-bond acceptors (Lipinski definition) is 3. The molecule has 0 aliphatic carbocycles. The fourth-order valence-electron chi connectivity index (χ4n) is 2.21. The lowest BCUT2D eigenvalue weighted by Crippen LogP contribution is -2.37. The number of likely N-dealkylation sites (N-methyl/N-ethyl adjacent to an activating group) is 1. The maximum Gasteiger partial charge on any atom is 0.332 e. The maximum atomic E-state index is 13.5. The van der Waals surface area contributed by atoms with E-state index >= 15 is 0 Å². The summed E-state index contributed by atoms with van der Waals surface area (Å²) >= 11 is 0. The smallest absolute Gasteiger partial charge is 0.332 e. The van der Waals surface area contributed by atoms with Crippen LogP contribution in [0.3, 0.4) is 0 Å². The number of aliphatic carboxylic acids is 1. The molecule has 1 aromatic carbocycles. The molecule has 0 aromatic heterocycles. The van der Waals surface area contributed by atoms with Gasteiger partial charge in [0, 0.05) is 19.2 Å². The zero-order chi connectivity index (χ0) is 14.7. The van der Waals surface area contributed by atoms with E-state index in [9.17, 15) is 14.0 Å². The monoisotopic (exact) mass is 281 g/mol. The van der Waals surface area contributed by atoms with Crippen molar-refractivity contribution in [2.45, 2.75) is 31.6 Å². The van der Waals surface area contributed by atoms with Crippen LogP contribution < -0.4 is 0 Å². The standard InChI is InChI=1S/C14H16FNO4/c1-16(8-9-4-2-3-5-10(9)15)13(17)11-6-7-12(20-11)14(18)19/h2-5,11-12H,6-8H2,1H3,(H,18,19). The van der Waals surface area contributed by atoms with Crippen molar-refractivity contribution in [1.29, 1.82) is 0 Å². The fourth-order valence-corrected chi connectivity index (χ4v) is 2.21. The molecule has 1 aliphatic heterocycles. The second-order valence-electron chi connectivity index (χ2n) is 4.81. The second-order valence-corrected chi connectivity index (χ2v) is 4.81. The fraction of sp³-hybridized carbons (Fsp3) is 0.429. The van der Waals surface area contributed by atoms with Gasteiger partial charge in [0.25, 0.3) is 5.91 Å². The van der Waals surface area contributed by atoms with Crippen LogP contribution in [-0.2, 0) is 20.9 Å². The summed E-state index contributed by atoms with van der Waals surface area (Å²) in [4.78, 5) is 24.2. The van der Waals surface area contributed by atoms with Gasteiger partial charge in [-0.05, 0) is 18.9 Å². The van der Waals surface area contributed by atoms with E-state index in [1.54, 1.807) is 25.2 Å². The van der Waals surface area contributed by atoms with Gasteiger partial charge in [-0.1, -0.05) is 18.2 Å². The first kappa shape index (κ1) is 14.5. The predicted molar refractivity (Wildman–Crippen MR) is 68.4 cm³/mol. The van der Waals surface area contributed by atoms with Gasteiger partial charge in [0.2, 0.25) is 0 Å². The lowest BCUT2D eigenvalue weighted by molar-refractivity contribution is -0.154. The summed E-state index contributed by atoms with van der Waals surface area (Å²) in [5.41, 5.74) is 0.413. The molecule has 1 N–H and O–H groups in total.